The number of carbonyl (C=O) groups excluding carboxylic acids is 1. The molecule has 2 aliphatic rings. The Hall–Kier alpha value is -1.29. The molecule has 4 nitrogen and oxygen atoms in total. The summed E-state index contributed by atoms with van der Waals surface area (Å²) < 4.78 is 0. The van der Waals surface area contributed by atoms with Crippen molar-refractivity contribution in [2.24, 2.45) is 0 Å². The average molecular weight is 350 g/mol. The van der Waals surface area contributed by atoms with Crippen LogP contribution in [-0.4, -0.2) is 41.5 Å². The van der Waals surface area contributed by atoms with Crippen molar-refractivity contribution in [1.82, 2.24) is 9.88 Å². The summed E-state index contributed by atoms with van der Waals surface area (Å²) in [7, 11) is 0. The Morgan fingerprint density at radius 2 is 1.88 bits per heavy atom. The first-order valence-electron chi connectivity index (χ1n) is 9.42. The first-order chi connectivity index (χ1) is 11.7. The SMILES string of the molecule is CCN(c1ncc(C(=O)N2CCCCC2)cc1Cl)C1CCCCC1. The number of carbonyl (C=O) groups is 1. The van der Waals surface area contributed by atoms with Crippen molar-refractivity contribution in [2.45, 2.75) is 64.3 Å². The summed E-state index contributed by atoms with van der Waals surface area (Å²) in [5.74, 6) is 0.901. The van der Waals surface area contributed by atoms with Crippen molar-refractivity contribution in [2.75, 3.05) is 24.5 Å². The quantitative estimate of drug-likeness (QED) is 0.801. The molecule has 0 radical (unpaired) electrons. The van der Waals surface area contributed by atoms with Crippen LogP contribution < -0.4 is 4.90 Å². The van der Waals surface area contributed by atoms with Crippen LogP contribution in [0.1, 0.15) is 68.6 Å². The predicted molar refractivity (Wildman–Crippen MR) is 98.9 cm³/mol. The van der Waals surface area contributed by atoms with E-state index in [1.807, 2.05) is 11.0 Å². The van der Waals surface area contributed by atoms with E-state index in [0.717, 1.165) is 38.3 Å². The molecule has 0 atom stereocenters. The molecule has 2 heterocycles. The smallest absolute Gasteiger partial charge is 0.255 e. The van der Waals surface area contributed by atoms with Crippen LogP contribution in [0.5, 0.6) is 0 Å². The van der Waals surface area contributed by atoms with Crippen LogP contribution in [0, 0.1) is 0 Å². The standard InChI is InChI=1S/C19H28ClN3O/c1-2-23(16-9-5-3-6-10-16)18-17(20)13-15(14-21-18)19(24)22-11-7-4-8-12-22/h13-14,16H,2-12H2,1H3. The fraction of sp³-hybridized carbons (Fsp3) is 0.684. The van der Waals surface area contributed by atoms with Crippen molar-refractivity contribution in [3.63, 3.8) is 0 Å². The van der Waals surface area contributed by atoms with Crippen molar-refractivity contribution in [3.8, 4) is 0 Å². The molecule has 0 N–H and O–H groups in total. The van der Waals surface area contributed by atoms with E-state index in [4.69, 9.17) is 11.6 Å². The van der Waals surface area contributed by atoms with Gasteiger partial charge in [-0.05, 0) is 45.1 Å². The van der Waals surface area contributed by atoms with Gasteiger partial charge in [-0.15, -0.1) is 0 Å². The zero-order chi connectivity index (χ0) is 16.9. The Balaban J connectivity index is 1.76. The Kier molecular flexibility index (Phi) is 5.99. The third-order valence-electron chi connectivity index (χ3n) is 5.34. The maximum atomic E-state index is 12.6. The Morgan fingerprint density at radius 3 is 2.50 bits per heavy atom. The van der Waals surface area contributed by atoms with Crippen LogP contribution in [0.25, 0.3) is 0 Å². The summed E-state index contributed by atoms with van der Waals surface area (Å²) >= 11 is 6.53. The predicted octanol–water partition coefficient (Wildman–Crippen LogP) is 4.52. The second kappa shape index (κ2) is 8.19. The van der Waals surface area contributed by atoms with E-state index in [1.54, 1.807) is 6.20 Å². The first kappa shape index (κ1) is 17.5. The molecule has 24 heavy (non-hydrogen) atoms. The number of anilines is 1. The van der Waals surface area contributed by atoms with E-state index < -0.39 is 0 Å². The van der Waals surface area contributed by atoms with Crippen molar-refractivity contribution in [1.29, 1.82) is 0 Å². The van der Waals surface area contributed by atoms with Gasteiger partial charge in [-0.2, -0.15) is 0 Å². The Morgan fingerprint density at radius 1 is 1.21 bits per heavy atom. The normalized spacial score (nSPS) is 19.3. The van der Waals surface area contributed by atoms with Gasteiger partial charge in [0.2, 0.25) is 0 Å². The summed E-state index contributed by atoms with van der Waals surface area (Å²) in [5, 5.41) is 0.602. The van der Waals surface area contributed by atoms with E-state index in [2.05, 4.69) is 16.8 Å². The Bertz CT molecular complexity index is 566. The lowest BCUT2D eigenvalue weighted by Crippen LogP contribution is -2.38. The first-order valence-corrected chi connectivity index (χ1v) is 9.80. The number of halogens is 1. The second-order valence-corrected chi connectivity index (χ2v) is 7.37. The molecule has 2 fully saturated rings. The fourth-order valence-electron chi connectivity index (χ4n) is 4.01. The van der Waals surface area contributed by atoms with Gasteiger partial charge in [0.05, 0.1) is 10.6 Å². The summed E-state index contributed by atoms with van der Waals surface area (Å²) in [6.07, 6.45) is 11.4. The van der Waals surface area contributed by atoms with Gasteiger partial charge in [0.25, 0.3) is 5.91 Å². The van der Waals surface area contributed by atoms with Crippen LogP contribution in [0.3, 0.4) is 0 Å². The van der Waals surface area contributed by atoms with Gasteiger partial charge >= 0.3 is 0 Å². The minimum absolute atomic E-state index is 0.0661. The molecule has 1 aromatic rings. The molecule has 5 heteroatoms. The summed E-state index contributed by atoms with van der Waals surface area (Å²) in [5.41, 5.74) is 0.616. The molecule has 0 bridgehead atoms. The van der Waals surface area contributed by atoms with Crippen molar-refractivity contribution < 1.29 is 4.79 Å². The van der Waals surface area contributed by atoms with E-state index >= 15 is 0 Å². The number of hydrogen-bond donors (Lipinski definition) is 0. The van der Waals surface area contributed by atoms with Gasteiger partial charge in [0.15, 0.2) is 0 Å². The summed E-state index contributed by atoms with van der Waals surface area (Å²) in [6, 6.07) is 2.34. The number of amides is 1. The maximum Gasteiger partial charge on any atom is 0.255 e. The van der Waals surface area contributed by atoms with E-state index in [9.17, 15) is 4.79 Å². The number of hydrogen-bond acceptors (Lipinski definition) is 3. The molecular weight excluding hydrogens is 322 g/mol. The minimum Gasteiger partial charge on any atom is -0.353 e. The van der Waals surface area contributed by atoms with Gasteiger partial charge in [-0.25, -0.2) is 4.98 Å². The van der Waals surface area contributed by atoms with Crippen molar-refractivity contribution in [3.05, 3.63) is 22.8 Å². The number of piperidine rings is 1. The monoisotopic (exact) mass is 349 g/mol. The molecule has 1 aromatic heterocycles. The van der Waals surface area contributed by atoms with E-state index in [1.165, 1.54) is 38.5 Å². The maximum absolute atomic E-state index is 12.6. The van der Waals surface area contributed by atoms with Crippen LogP contribution in [-0.2, 0) is 0 Å². The zero-order valence-corrected chi connectivity index (χ0v) is 15.4. The number of nitrogens with zero attached hydrogens (tertiary/aromatic N) is 3. The fourth-order valence-corrected chi connectivity index (χ4v) is 4.29. The number of pyridine rings is 1. The highest BCUT2D eigenvalue weighted by molar-refractivity contribution is 6.33. The summed E-state index contributed by atoms with van der Waals surface area (Å²) in [6.45, 7) is 4.75. The van der Waals surface area contributed by atoms with Crippen LogP contribution in [0.4, 0.5) is 5.82 Å². The lowest BCUT2D eigenvalue weighted by atomic mass is 9.94. The molecule has 0 aromatic carbocycles. The largest absolute Gasteiger partial charge is 0.353 e. The topological polar surface area (TPSA) is 36.4 Å². The molecule has 1 aliphatic carbocycles. The number of likely N-dealkylation sites (tertiary alicyclic amines) is 1. The minimum atomic E-state index is 0.0661. The molecule has 3 rings (SSSR count). The molecular formula is C19H28ClN3O. The number of aromatic nitrogens is 1. The highest BCUT2D eigenvalue weighted by atomic mass is 35.5. The second-order valence-electron chi connectivity index (χ2n) is 6.96. The van der Waals surface area contributed by atoms with Gasteiger partial charge in [-0.1, -0.05) is 30.9 Å². The van der Waals surface area contributed by atoms with Crippen molar-refractivity contribution >= 4 is 23.3 Å². The van der Waals surface area contributed by atoms with Gasteiger partial charge in [0.1, 0.15) is 5.82 Å². The average Bonchev–Trinajstić information content (AvgIpc) is 2.64. The molecule has 1 saturated heterocycles. The van der Waals surface area contributed by atoms with Gasteiger partial charge in [0, 0.05) is 31.9 Å². The molecule has 1 amide bonds. The molecule has 132 valence electrons. The molecule has 1 aliphatic heterocycles. The van der Waals surface area contributed by atoms with Crippen LogP contribution >= 0.6 is 11.6 Å². The lowest BCUT2D eigenvalue weighted by molar-refractivity contribution is 0.0724. The molecule has 1 saturated carbocycles. The van der Waals surface area contributed by atoms with E-state index in [0.29, 0.717) is 16.6 Å². The zero-order valence-electron chi connectivity index (χ0n) is 14.6. The van der Waals surface area contributed by atoms with E-state index in [-0.39, 0.29) is 5.91 Å². The van der Waals surface area contributed by atoms with Crippen LogP contribution in [0.2, 0.25) is 5.02 Å². The third kappa shape index (κ3) is 3.85. The Labute approximate surface area is 150 Å². The highest BCUT2D eigenvalue weighted by Gasteiger charge is 2.24. The number of rotatable bonds is 4. The highest BCUT2D eigenvalue weighted by Crippen LogP contribution is 2.31. The van der Waals surface area contributed by atoms with Gasteiger partial charge < -0.3 is 9.80 Å². The summed E-state index contributed by atoms with van der Waals surface area (Å²) in [4.78, 5) is 21.4. The lowest BCUT2D eigenvalue weighted by Gasteiger charge is -2.35. The van der Waals surface area contributed by atoms with Crippen LogP contribution in [0.15, 0.2) is 12.3 Å². The molecule has 0 unspecified atom stereocenters. The third-order valence-corrected chi connectivity index (χ3v) is 5.62. The van der Waals surface area contributed by atoms with Gasteiger partial charge in [-0.3, -0.25) is 4.79 Å². The molecule has 0 spiro atoms.